The highest BCUT2D eigenvalue weighted by atomic mass is 31.2. The van der Waals surface area contributed by atoms with Gasteiger partial charge in [-0.05, 0) is 43.9 Å². The second kappa shape index (κ2) is 5.12. The van der Waals surface area contributed by atoms with Crippen molar-refractivity contribution in [1.29, 1.82) is 0 Å². The van der Waals surface area contributed by atoms with E-state index in [1.807, 2.05) is 0 Å². The van der Waals surface area contributed by atoms with Crippen LogP contribution in [-0.2, 0) is 13.8 Å². The minimum Gasteiger partial charge on any atom is -0.337 e. The average Bonchev–Trinajstić information content (AvgIpc) is 3.06. The Balaban J connectivity index is 1.77. The highest BCUT2D eigenvalue weighted by Gasteiger charge is 2.45. The van der Waals surface area contributed by atoms with Gasteiger partial charge in [-0.15, -0.1) is 0 Å². The molecule has 2 fully saturated rings. The lowest BCUT2D eigenvalue weighted by molar-refractivity contribution is -0.121. The van der Waals surface area contributed by atoms with Gasteiger partial charge < -0.3 is 9.05 Å². The fourth-order valence-electron chi connectivity index (χ4n) is 2.69. The largest absolute Gasteiger partial charge is 0.337 e. The Labute approximate surface area is 98.8 Å². The van der Waals surface area contributed by atoms with Gasteiger partial charge >= 0.3 is 0 Å². The zero-order valence-corrected chi connectivity index (χ0v) is 11.1. The minimum absolute atomic E-state index is 0.279. The third kappa shape index (κ3) is 2.82. The van der Waals surface area contributed by atoms with Crippen LogP contribution in [0.1, 0.15) is 38.5 Å². The molecule has 2 aliphatic carbocycles. The summed E-state index contributed by atoms with van der Waals surface area (Å²) in [4.78, 5) is 12.0. The number of Topliss-reactive ketones (excluding diaryl/α,β-unsaturated/α-hetero) is 1. The molecule has 4 heteroatoms. The molecule has 3 nitrogen and oxygen atoms in total. The van der Waals surface area contributed by atoms with Crippen LogP contribution in [0.2, 0.25) is 0 Å². The normalized spacial score (nSPS) is 23.9. The van der Waals surface area contributed by atoms with Crippen molar-refractivity contribution in [3.05, 3.63) is 0 Å². The first-order valence-electron chi connectivity index (χ1n) is 6.07. The van der Waals surface area contributed by atoms with E-state index in [1.54, 1.807) is 14.2 Å². The molecule has 1 spiro atoms. The Morgan fingerprint density at radius 1 is 1.19 bits per heavy atom. The first-order chi connectivity index (χ1) is 7.69. The van der Waals surface area contributed by atoms with Gasteiger partial charge in [-0.1, -0.05) is 0 Å². The molecule has 0 aromatic heterocycles. The highest BCUT2D eigenvalue weighted by molar-refractivity contribution is 7.48. The summed E-state index contributed by atoms with van der Waals surface area (Å²) in [5.74, 6) is 0.631. The summed E-state index contributed by atoms with van der Waals surface area (Å²) in [5.41, 5.74) is 0.671. The van der Waals surface area contributed by atoms with Crippen molar-refractivity contribution in [3.63, 3.8) is 0 Å². The fourth-order valence-corrected chi connectivity index (χ4v) is 3.61. The van der Waals surface area contributed by atoms with Crippen molar-refractivity contribution < 1.29 is 13.8 Å². The molecule has 92 valence electrons. The van der Waals surface area contributed by atoms with Crippen LogP contribution in [0.4, 0.5) is 0 Å². The van der Waals surface area contributed by atoms with Crippen molar-refractivity contribution in [1.82, 2.24) is 0 Å². The van der Waals surface area contributed by atoms with Gasteiger partial charge in [0.2, 0.25) is 0 Å². The number of carbonyl (C=O) groups excluding carboxylic acids is 1. The third-order valence-corrected chi connectivity index (χ3v) is 5.54. The lowest BCUT2D eigenvalue weighted by Gasteiger charge is -2.27. The van der Waals surface area contributed by atoms with Crippen molar-refractivity contribution in [2.75, 3.05) is 20.4 Å². The van der Waals surface area contributed by atoms with E-state index in [9.17, 15) is 4.79 Å². The Morgan fingerprint density at radius 3 is 2.19 bits per heavy atom. The molecule has 0 aromatic rings. The molecule has 16 heavy (non-hydrogen) atoms. The quantitative estimate of drug-likeness (QED) is 0.697. The molecule has 0 unspecified atom stereocenters. The van der Waals surface area contributed by atoms with E-state index in [2.05, 4.69) is 0 Å². The predicted molar refractivity (Wildman–Crippen MR) is 64.4 cm³/mol. The molecule has 0 aromatic carbocycles. The van der Waals surface area contributed by atoms with Crippen molar-refractivity contribution in [2.45, 2.75) is 38.5 Å². The molecule has 0 bridgehead atoms. The van der Waals surface area contributed by atoms with Gasteiger partial charge in [0.25, 0.3) is 0 Å². The standard InChI is InChI=1S/C12H21O3P/c1-14-16(15-2)9-11(13)10-3-5-12(6-4-10)7-8-12/h10H,3-9H2,1-2H3. The summed E-state index contributed by atoms with van der Waals surface area (Å²) in [7, 11) is 2.25. The highest BCUT2D eigenvalue weighted by Crippen LogP contribution is 2.57. The van der Waals surface area contributed by atoms with Gasteiger partial charge in [0, 0.05) is 20.1 Å². The molecule has 0 saturated heterocycles. The number of hydrogen-bond donors (Lipinski definition) is 0. The lowest BCUT2D eigenvalue weighted by atomic mass is 9.78. The number of ketones is 1. The summed E-state index contributed by atoms with van der Waals surface area (Å²) in [6.45, 7) is 0. The maximum atomic E-state index is 12.0. The Hall–Kier alpha value is 0.0200. The van der Waals surface area contributed by atoms with E-state index in [0.717, 1.165) is 12.8 Å². The summed E-state index contributed by atoms with van der Waals surface area (Å²) in [6.07, 6.45) is 7.99. The molecule has 0 radical (unpaired) electrons. The second-order valence-electron chi connectivity index (χ2n) is 5.10. The van der Waals surface area contributed by atoms with Crippen LogP contribution in [0.3, 0.4) is 0 Å². The van der Waals surface area contributed by atoms with Gasteiger partial charge in [-0.25, -0.2) is 0 Å². The topological polar surface area (TPSA) is 35.5 Å². The maximum Gasteiger partial charge on any atom is 0.177 e. The first-order valence-corrected chi connectivity index (χ1v) is 7.44. The molecule has 2 saturated carbocycles. The average molecular weight is 244 g/mol. The molecular weight excluding hydrogens is 223 g/mol. The van der Waals surface area contributed by atoms with Crippen molar-refractivity contribution in [2.24, 2.45) is 11.3 Å². The van der Waals surface area contributed by atoms with E-state index in [1.165, 1.54) is 25.7 Å². The van der Waals surface area contributed by atoms with Crippen LogP contribution in [0.15, 0.2) is 0 Å². The van der Waals surface area contributed by atoms with E-state index >= 15 is 0 Å². The van der Waals surface area contributed by atoms with Gasteiger partial charge in [-0.2, -0.15) is 0 Å². The third-order valence-electron chi connectivity index (χ3n) is 4.15. The van der Waals surface area contributed by atoms with Gasteiger partial charge in [0.1, 0.15) is 5.78 Å². The van der Waals surface area contributed by atoms with E-state index < -0.39 is 8.38 Å². The molecule has 0 N–H and O–H groups in total. The fraction of sp³-hybridized carbons (Fsp3) is 0.917. The minimum atomic E-state index is -0.978. The molecule has 2 rings (SSSR count). The first kappa shape index (κ1) is 12.5. The summed E-state index contributed by atoms with van der Waals surface area (Å²) in [6, 6.07) is 0. The number of rotatable bonds is 5. The van der Waals surface area contributed by atoms with Crippen molar-refractivity contribution in [3.8, 4) is 0 Å². The van der Waals surface area contributed by atoms with Crippen LogP contribution in [0, 0.1) is 11.3 Å². The van der Waals surface area contributed by atoms with E-state index in [0.29, 0.717) is 17.4 Å². The predicted octanol–water partition coefficient (Wildman–Crippen LogP) is 3.13. The SMILES string of the molecule is COP(CC(=O)C1CCC2(CC1)CC2)OC. The molecular formula is C12H21O3P. The molecule has 0 heterocycles. The van der Waals surface area contributed by atoms with Gasteiger partial charge in [0.05, 0.1) is 6.16 Å². The molecule has 0 amide bonds. The zero-order valence-electron chi connectivity index (χ0n) is 10.2. The van der Waals surface area contributed by atoms with Crippen LogP contribution in [0.5, 0.6) is 0 Å². The Bertz CT molecular complexity index is 249. The Morgan fingerprint density at radius 2 is 1.75 bits per heavy atom. The monoisotopic (exact) mass is 244 g/mol. The molecule has 2 aliphatic rings. The maximum absolute atomic E-state index is 12.0. The van der Waals surface area contributed by atoms with Gasteiger partial charge in [0.15, 0.2) is 8.38 Å². The number of carbonyl (C=O) groups is 1. The second-order valence-corrected chi connectivity index (χ2v) is 6.81. The lowest BCUT2D eigenvalue weighted by Crippen LogP contribution is -2.24. The van der Waals surface area contributed by atoms with Crippen LogP contribution >= 0.6 is 8.38 Å². The van der Waals surface area contributed by atoms with E-state index in [4.69, 9.17) is 9.05 Å². The summed E-state index contributed by atoms with van der Waals surface area (Å²) in [5, 5.41) is 0. The van der Waals surface area contributed by atoms with Crippen LogP contribution in [-0.4, -0.2) is 26.2 Å². The van der Waals surface area contributed by atoms with Crippen LogP contribution < -0.4 is 0 Å². The summed E-state index contributed by atoms with van der Waals surface area (Å²) < 4.78 is 10.3. The number of hydrogen-bond acceptors (Lipinski definition) is 3. The van der Waals surface area contributed by atoms with Crippen molar-refractivity contribution >= 4 is 14.2 Å². The molecule has 0 aliphatic heterocycles. The molecule has 0 atom stereocenters. The van der Waals surface area contributed by atoms with Crippen LogP contribution in [0.25, 0.3) is 0 Å². The Kier molecular flexibility index (Phi) is 3.99. The van der Waals surface area contributed by atoms with E-state index in [-0.39, 0.29) is 5.92 Å². The summed E-state index contributed by atoms with van der Waals surface area (Å²) >= 11 is 0. The smallest absolute Gasteiger partial charge is 0.177 e. The van der Waals surface area contributed by atoms with Gasteiger partial charge in [-0.3, -0.25) is 4.79 Å². The zero-order chi connectivity index (χ0) is 11.6.